The third kappa shape index (κ3) is 5.45. The Kier molecular flexibility index (Phi) is 8.73. The molecule has 15 heteroatoms. The fourth-order valence-corrected chi connectivity index (χ4v) is 7.16. The molecule has 0 spiro atoms. The first-order valence-electron chi connectivity index (χ1n) is 13.5. The third-order valence-corrected chi connectivity index (χ3v) is 9.27. The van der Waals surface area contributed by atoms with Gasteiger partial charge in [-0.25, -0.2) is 9.46 Å². The van der Waals surface area contributed by atoms with Gasteiger partial charge in [-0.15, -0.1) is 5.06 Å². The highest BCUT2D eigenvalue weighted by atomic mass is 31.2. The maximum absolute atomic E-state index is 13.0. The number of nitrogens with one attached hydrogen (secondary N) is 1. The van der Waals surface area contributed by atoms with Crippen LogP contribution in [0, 0.1) is 11.3 Å². The minimum Gasteiger partial charge on any atom is -0.367 e. The second-order valence-electron chi connectivity index (χ2n) is 10.7. The number of H-pyrrole nitrogens is 1. The maximum atomic E-state index is 13.0. The first-order chi connectivity index (χ1) is 20.1. The van der Waals surface area contributed by atoms with Gasteiger partial charge in [-0.1, -0.05) is 12.1 Å². The molecule has 3 aliphatic heterocycles. The number of nitriles is 1. The lowest BCUT2D eigenvalue weighted by Crippen LogP contribution is -2.49. The van der Waals surface area contributed by atoms with Crippen molar-refractivity contribution in [3.05, 3.63) is 68.5 Å². The lowest BCUT2D eigenvalue weighted by Gasteiger charge is -2.38. The van der Waals surface area contributed by atoms with Crippen LogP contribution < -0.4 is 11.2 Å². The molecular weight excluding hydrogens is 569 g/mol. The van der Waals surface area contributed by atoms with Gasteiger partial charge < -0.3 is 18.5 Å². The van der Waals surface area contributed by atoms with Gasteiger partial charge in [-0.2, -0.15) is 5.26 Å². The molecule has 5 rings (SSSR count). The first kappa shape index (κ1) is 30.2. The minimum atomic E-state index is -1.77. The number of fused-ring (bicyclic) bond motifs is 3. The quantitative estimate of drug-likeness (QED) is 0.215. The Labute approximate surface area is 242 Å². The molecule has 2 saturated heterocycles. The largest absolute Gasteiger partial charge is 0.367 e. The van der Waals surface area contributed by atoms with E-state index in [9.17, 15) is 19.2 Å². The van der Waals surface area contributed by atoms with Gasteiger partial charge in [0.1, 0.15) is 24.4 Å². The van der Waals surface area contributed by atoms with Crippen LogP contribution in [-0.2, 0) is 23.4 Å². The summed E-state index contributed by atoms with van der Waals surface area (Å²) in [5.74, 6) is -1.22. The molecule has 0 saturated carbocycles. The van der Waals surface area contributed by atoms with Crippen LogP contribution in [0.25, 0.3) is 0 Å². The number of hydroxylamine groups is 2. The number of nitrogens with zero attached hydrogens (tertiary/aromatic N) is 4. The van der Waals surface area contributed by atoms with Crippen molar-refractivity contribution in [2.24, 2.45) is 0 Å². The number of benzene rings is 1. The van der Waals surface area contributed by atoms with Gasteiger partial charge in [-0.3, -0.25) is 28.8 Å². The normalized spacial score (nSPS) is 25.6. The van der Waals surface area contributed by atoms with Crippen LogP contribution in [-0.4, -0.2) is 80.8 Å². The number of carbonyl (C=O) groups excluding carboxylic acids is 2. The molecule has 42 heavy (non-hydrogen) atoms. The molecule has 0 aliphatic carbocycles. The standard InChI is InChI=1S/C27H32N5O9P/c1-16(2)32(17(3)4)42(39-13-7-11-28)41-22-21-25(30-12-10-20(33)29-26(30)36)40-27(22,14-37-21)15-38-31-23(34)18-8-5-6-9-19(18)24(31)35/h5-6,8-10,12,16-17,21-22,25H,7,13-15H2,1-4H3,(H,29,33,36)/t21?,22?,25-,27-,42?/m1/s1. The Morgan fingerprint density at radius 1 is 1.12 bits per heavy atom. The van der Waals surface area contributed by atoms with Crippen molar-refractivity contribution in [1.29, 1.82) is 5.26 Å². The molecule has 2 fully saturated rings. The van der Waals surface area contributed by atoms with Crippen LogP contribution in [0.15, 0.2) is 46.1 Å². The summed E-state index contributed by atoms with van der Waals surface area (Å²) in [6.07, 6.45) is -1.31. The van der Waals surface area contributed by atoms with Crippen molar-refractivity contribution in [3.63, 3.8) is 0 Å². The topological polar surface area (TPSA) is 165 Å². The zero-order valence-electron chi connectivity index (χ0n) is 23.6. The molecule has 0 radical (unpaired) electrons. The van der Waals surface area contributed by atoms with Crippen LogP contribution in [0.4, 0.5) is 0 Å². The Balaban J connectivity index is 1.47. The fraction of sp³-hybridized carbons (Fsp3) is 0.519. The Morgan fingerprint density at radius 3 is 2.38 bits per heavy atom. The average Bonchev–Trinajstić information content (AvgIpc) is 3.52. The van der Waals surface area contributed by atoms with Crippen LogP contribution in [0.2, 0.25) is 0 Å². The van der Waals surface area contributed by atoms with E-state index in [0.717, 1.165) is 0 Å². The molecule has 224 valence electrons. The molecular formula is C27H32N5O9P. The van der Waals surface area contributed by atoms with Gasteiger partial charge in [0.05, 0.1) is 36.8 Å². The number of aromatic nitrogens is 2. The number of imide groups is 1. The van der Waals surface area contributed by atoms with Gasteiger partial charge in [-0.05, 0) is 39.8 Å². The highest BCUT2D eigenvalue weighted by Gasteiger charge is 2.65. The Bertz CT molecular complexity index is 1460. The van der Waals surface area contributed by atoms with Crippen molar-refractivity contribution in [3.8, 4) is 6.07 Å². The smallest absolute Gasteiger partial charge is 0.330 e. The van der Waals surface area contributed by atoms with Gasteiger partial charge in [0.25, 0.3) is 25.9 Å². The zero-order valence-corrected chi connectivity index (χ0v) is 24.5. The van der Waals surface area contributed by atoms with Crippen molar-refractivity contribution < 1.29 is 32.9 Å². The molecule has 3 unspecified atom stereocenters. The average molecular weight is 602 g/mol. The summed E-state index contributed by atoms with van der Waals surface area (Å²) in [4.78, 5) is 58.4. The van der Waals surface area contributed by atoms with Crippen molar-refractivity contribution in [2.45, 2.75) is 70.2 Å². The van der Waals surface area contributed by atoms with Crippen LogP contribution >= 0.6 is 8.53 Å². The van der Waals surface area contributed by atoms with Gasteiger partial charge in [0, 0.05) is 24.3 Å². The third-order valence-electron chi connectivity index (χ3n) is 7.16. The molecule has 2 amide bonds. The highest BCUT2D eigenvalue weighted by Crippen LogP contribution is 2.55. The predicted octanol–water partition coefficient (Wildman–Crippen LogP) is 2.09. The van der Waals surface area contributed by atoms with E-state index in [-0.39, 0.29) is 49.5 Å². The Morgan fingerprint density at radius 2 is 1.79 bits per heavy atom. The van der Waals surface area contributed by atoms with E-state index in [1.807, 2.05) is 32.4 Å². The summed E-state index contributed by atoms with van der Waals surface area (Å²) in [6.45, 7) is 7.72. The van der Waals surface area contributed by atoms with Crippen LogP contribution in [0.3, 0.4) is 0 Å². The molecule has 2 aromatic rings. The van der Waals surface area contributed by atoms with Crippen molar-refractivity contribution >= 4 is 20.3 Å². The van der Waals surface area contributed by atoms with Crippen LogP contribution in [0.5, 0.6) is 0 Å². The lowest BCUT2D eigenvalue weighted by atomic mass is 10.0. The first-order valence-corrected chi connectivity index (χ1v) is 14.7. The summed E-state index contributed by atoms with van der Waals surface area (Å²) in [6, 6.07) is 9.65. The SMILES string of the molecule is CC(C)N(C(C)C)P(OCCC#N)OC1C2OC[C@]1(CON1C(=O)c3ccccc3C1=O)O[C@H]2n1ccc(=O)[nH]c1=O. The highest BCUT2D eigenvalue weighted by molar-refractivity contribution is 7.44. The summed E-state index contributed by atoms with van der Waals surface area (Å²) in [5.41, 5.74) is -2.22. The van der Waals surface area contributed by atoms with Gasteiger partial charge >= 0.3 is 5.69 Å². The number of carbonyl (C=O) groups is 2. The molecule has 1 aromatic carbocycles. The molecule has 2 bridgehead atoms. The molecule has 1 N–H and O–H groups in total. The predicted molar refractivity (Wildman–Crippen MR) is 147 cm³/mol. The van der Waals surface area contributed by atoms with Gasteiger partial charge in [0.2, 0.25) is 0 Å². The van der Waals surface area contributed by atoms with E-state index in [2.05, 4.69) is 11.1 Å². The number of rotatable bonds is 12. The van der Waals surface area contributed by atoms with E-state index in [0.29, 0.717) is 5.06 Å². The molecule has 1 aromatic heterocycles. The molecule has 3 aliphatic rings. The van der Waals surface area contributed by atoms with Crippen LogP contribution in [0.1, 0.15) is 61.1 Å². The summed E-state index contributed by atoms with van der Waals surface area (Å²) >= 11 is 0. The van der Waals surface area contributed by atoms with Gasteiger partial charge in [0.15, 0.2) is 6.23 Å². The number of amides is 2. The van der Waals surface area contributed by atoms with E-state index in [4.69, 9.17) is 28.6 Å². The molecule has 4 heterocycles. The maximum Gasteiger partial charge on any atom is 0.330 e. The van der Waals surface area contributed by atoms with Crippen molar-refractivity contribution in [2.75, 3.05) is 19.8 Å². The molecule has 14 nitrogen and oxygen atoms in total. The number of aromatic amines is 1. The van der Waals surface area contributed by atoms with Crippen molar-refractivity contribution in [1.82, 2.24) is 19.3 Å². The lowest BCUT2D eigenvalue weighted by molar-refractivity contribution is -0.218. The summed E-state index contributed by atoms with van der Waals surface area (Å²) in [5, 5.41) is 9.78. The second-order valence-corrected chi connectivity index (χ2v) is 12.1. The monoisotopic (exact) mass is 601 g/mol. The van der Waals surface area contributed by atoms with E-state index >= 15 is 0 Å². The number of ether oxygens (including phenoxy) is 2. The fourth-order valence-electron chi connectivity index (χ4n) is 5.35. The molecule has 5 atom stereocenters. The Hall–Kier alpha value is -3.28. The van der Waals surface area contributed by atoms with E-state index < -0.39 is 55.6 Å². The minimum absolute atomic E-state index is 0.00208. The van der Waals surface area contributed by atoms with E-state index in [1.165, 1.54) is 16.8 Å². The summed E-state index contributed by atoms with van der Waals surface area (Å²) in [7, 11) is -1.77. The summed E-state index contributed by atoms with van der Waals surface area (Å²) < 4.78 is 28.4. The number of hydrogen-bond acceptors (Lipinski definition) is 11. The second kappa shape index (κ2) is 12.1. The van der Waals surface area contributed by atoms with E-state index in [1.54, 1.807) is 24.3 Å². The number of hydrogen-bond donors (Lipinski definition) is 1. The zero-order chi connectivity index (χ0) is 30.2.